The Hall–Kier alpha value is -0.860. The molecule has 0 spiro atoms. The van der Waals surface area contributed by atoms with Crippen LogP contribution in [0.4, 0.5) is 0 Å². The van der Waals surface area contributed by atoms with E-state index in [1.54, 1.807) is 0 Å². The van der Waals surface area contributed by atoms with E-state index in [0.29, 0.717) is 13.0 Å². The van der Waals surface area contributed by atoms with Gasteiger partial charge >= 0.3 is 5.97 Å². The van der Waals surface area contributed by atoms with Gasteiger partial charge in [-0.25, -0.2) is 0 Å². The van der Waals surface area contributed by atoms with E-state index in [1.807, 2.05) is 0 Å². The molecule has 0 aliphatic carbocycles. The minimum Gasteiger partial charge on any atom is -0.466 e. The molecule has 1 aliphatic heterocycles. The topological polar surface area (TPSA) is 43.4 Å². The Kier molecular flexibility index (Phi) is 2.04. The first kappa shape index (κ1) is 7.25. The Morgan fingerprint density at radius 2 is 2.40 bits per heavy atom. The van der Waals surface area contributed by atoms with Crippen LogP contribution in [-0.2, 0) is 14.3 Å². The molecule has 0 aromatic carbocycles. The molecule has 1 heterocycles. The summed E-state index contributed by atoms with van der Waals surface area (Å²) in [6.45, 7) is 1.92. The summed E-state index contributed by atoms with van der Waals surface area (Å²) in [5.74, 6) is -0.232. The van der Waals surface area contributed by atoms with Gasteiger partial charge < -0.3 is 4.74 Å². The van der Waals surface area contributed by atoms with Crippen LogP contribution in [0.2, 0.25) is 0 Å². The van der Waals surface area contributed by atoms with Crippen molar-refractivity contribution >= 4 is 11.8 Å². The lowest BCUT2D eigenvalue weighted by atomic mass is 9.96. The van der Waals surface area contributed by atoms with Crippen molar-refractivity contribution in [1.82, 2.24) is 0 Å². The van der Waals surface area contributed by atoms with Gasteiger partial charge in [-0.3, -0.25) is 9.59 Å². The maximum absolute atomic E-state index is 10.7. The highest BCUT2D eigenvalue weighted by molar-refractivity contribution is 5.84. The lowest BCUT2D eigenvalue weighted by Gasteiger charge is -2.17. The van der Waals surface area contributed by atoms with Gasteiger partial charge in [0.15, 0.2) is 0 Å². The van der Waals surface area contributed by atoms with Crippen LogP contribution in [0, 0.1) is 5.92 Å². The lowest BCUT2D eigenvalue weighted by Crippen LogP contribution is -2.25. The van der Waals surface area contributed by atoms with E-state index >= 15 is 0 Å². The fourth-order valence-electron chi connectivity index (χ4n) is 1.02. The summed E-state index contributed by atoms with van der Waals surface area (Å²) >= 11 is 0. The van der Waals surface area contributed by atoms with Gasteiger partial charge in [-0.05, 0) is 13.3 Å². The van der Waals surface area contributed by atoms with Crippen LogP contribution < -0.4 is 0 Å². The number of rotatable bonds is 1. The number of carbonyl (C=O) groups is 2. The van der Waals surface area contributed by atoms with Crippen LogP contribution in [-0.4, -0.2) is 18.4 Å². The monoisotopic (exact) mass is 142 g/mol. The molecule has 1 atom stereocenters. The van der Waals surface area contributed by atoms with Gasteiger partial charge in [0.2, 0.25) is 0 Å². The number of ether oxygens (including phenoxy) is 1. The summed E-state index contributed by atoms with van der Waals surface area (Å²) in [5, 5.41) is 0. The van der Waals surface area contributed by atoms with E-state index in [9.17, 15) is 9.59 Å². The van der Waals surface area contributed by atoms with Crippen LogP contribution in [0.3, 0.4) is 0 Å². The van der Waals surface area contributed by atoms with Gasteiger partial charge in [-0.15, -0.1) is 0 Å². The fourth-order valence-corrected chi connectivity index (χ4v) is 1.02. The zero-order chi connectivity index (χ0) is 7.56. The molecule has 3 nitrogen and oxygen atoms in total. The smallest absolute Gasteiger partial charge is 0.306 e. The van der Waals surface area contributed by atoms with Gasteiger partial charge in [0, 0.05) is 5.92 Å². The number of esters is 1. The Labute approximate surface area is 59.4 Å². The average molecular weight is 142 g/mol. The maximum Gasteiger partial charge on any atom is 0.306 e. The van der Waals surface area contributed by atoms with Crippen molar-refractivity contribution in [3.8, 4) is 0 Å². The molecule has 0 saturated carbocycles. The minimum atomic E-state index is -0.244. The van der Waals surface area contributed by atoms with E-state index in [1.165, 1.54) is 6.92 Å². The predicted molar refractivity (Wildman–Crippen MR) is 34.4 cm³/mol. The quantitative estimate of drug-likeness (QED) is 0.501. The zero-order valence-electron chi connectivity index (χ0n) is 5.92. The summed E-state index contributed by atoms with van der Waals surface area (Å²) in [6, 6.07) is 0. The summed E-state index contributed by atoms with van der Waals surface area (Å²) in [4.78, 5) is 21.3. The Bertz CT molecular complexity index is 160. The van der Waals surface area contributed by atoms with Crippen molar-refractivity contribution in [1.29, 1.82) is 0 Å². The van der Waals surface area contributed by atoms with E-state index < -0.39 is 0 Å². The van der Waals surface area contributed by atoms with E-state index in [2.05, 4.69) is 4.74 Å². The van der Waals surface area contributed by atoms with E-state index in [-0.39, 0.29) is 24.1 Å². The summed E-state index contributed by atoms with van der Waals surface area (Å²) in [6.07, 6.45) is 0.969. The Morgan fingerprint density at radius 1 is 1.70 bits per heavy atom. The normalized spacial score (nSPS) is 25.7. The second-order valence-electron chi connectivity index (χ2n) is 2.52. The number of Topliss-reactive ketones (excluding diaryl/α,β-unsaturated/α-hetero) is 1. The van der Waals surface area contributed by atoms with Crippen LogP contribution in [0.25, 0.3) is 0 Å². The molecular weight excluding hydrogens is 132 g/mol. The molecule has 0 aromatic rings. The van der Waals surface area contributed by atoms with Crippen LogP contribution >= 0.6 is 0 Å². The van der Waals surface area contributed by atoms with E-state index in [4.69, 9.17) is 0 Å². The van der Waals surface area contributed by atoms with Crippen LogP contribution in [0.1, 0.15) is 19.8 Å². The highest BCUT2D eigenvalue weighted by Crippen LogP contribution is 2.15. The standard InChI is InChI=1S/C7H10O3/c1-5(8)6-2-3-10-7(9)4-6/h6H,2-4H2,1H3/t6-/m1/s1. The highest BCUT2D eigenvalue weighted by Gasteiger charge is 2.23. The molecule has 1 aliphatic rings. The number of hydrogen-bond donors (Lipinski definition) is 0. The number of ketones is 1. The lowest BCUT2D eigenvalue weighted by molar-refractivity contribution is -0.151. The number of carbonyl (C=O) groups excluding carboxylic acids is 2. The highest BCUT2D eigenvalue weighted by atomic mass is 16.5. The third-order valence-electron chi connectivity index (χ3n) is 1.72. The van der Waals surface area contributed by atoms with Crippen molar-refractivity contribution in [2.24, 2.45) is 5.92 Å². The summed E-state index contributed by atoms with van der Waals surface area (Å²) in [7, 11) is 0. The molecule has 0 amide bonds. The third-order valence-corrected chi connectivity index (χ3v) is 1.72. The third kappa shape index (κ3) is 1.56. The molecule has 1 saturated heterocycles. The molecule has 0 radical (unpaired) electrons. The van der Waals surface area contributed by atoms with Gasteiger partial charge in [-0.1, -0.05) is 0 Å². The van der Waals surface area contributed by atoms with Gasteiger partial charge in [0.1, 0.15) is 5.78 Å². The maximum atomic E-state index is 10.7. The van der Waals surface area contributed by atoms with Gasteiger partial charge in [0.05, 0.1) is 13.0 Å². The van der Waals surface area contributed by atoms with E-state index in [0.717, 1.165) is 0 Å². The largest absolute Gasteiger partial charge is 0.466 e. The minimum absolute atomic E-state index is 0.0822. The fraction of sp³-hybridized carbons (Fsp3) is 0.714. The Balaban J connectivity index is 2.47. The second-order valence-corrected chi connectivity index (χ2v) is 2.52. The van der Waals surface area contributed by atoms with Crippen molar-refractivity contribution in [2.45, 2.75) is 19.8 Å². The Morgan fingerprint density at radius 3 is 2.80 bits per heavy atom. The van der Waals surface area contributed by atoms with Crippen molar-refractivity contribution in [3.63, 3.8) is 0 Å². The molecule has 10 heavy (non-hydrogen) atoms. The zero-order valence-corrected chi connectivity index (χ0v) is 5.92. The molecule has 0 aromatic heterocycles. The molecule has 0 bridgehead atoms. The second kappa shape index (κ2) is 2.82. The average Bonchev–Trinajstić information content (AvgIpc) is 1.88. The molecule has 1 rings (SSSR count). The SMILES string of the molecule is CC(=O)[C@@H]1CCOC(=O)C1. The number of cyclic esters (lactones) is 1. The summed E-state index contributed by atoms with van der Waals surface area (Å²) in [5.41, 5.74) is 0. The number of hydrogen-bond acceptors (Lipinski definition) is 3. The van der Waals surface area contributed by atoms with Gasteiger partial charge in [-0.2, -0.15) is 0 Å². The molecular formula is C7H10O3. The first-order valence-electron chi connectivity index (χ1n) is 3.36. The predicted octanol–water partition coefficient (Wildman–Crippen LogP) is 0.529. The van der Waals surface area contributed by atoms with Crippen molar-refractivity contribution < 1.29 is 14.3 Å². The molecule has 0 unspecified atom stereocenters. The van der Waals surface area contributed by atoms with Crippen LogP contribution in [0.5, 0.6) is 0 Å². The van der Waals surface area contributed by atoms with Crippen molar-refractivity contribution in [2.75, 3.05) is 6.61 Å². The summed E-state index contributed by atoms with van der Waals surface area (Å²) < 4.78 is 4.67. The molecule has 56 valence electrons. The van der Waals surface area contributed by atoms with Crippen LogP contribution in [0.15, 0.2) is 0 Å². The molecule has 3 heteroatoms. The first-order chi connectivity index (χ1) is 4.70. The molecule has 0 N–H and O–H groups in total. The first-order valence-corrected chi connectivity index (χ1v) is 3.36. The van der Waals surface area contributed by atoms with Crippen molar-refractivity contribution in [3.05, 3.63) is 0 Å². The molecule has 1 fully saturated rings. The van der Waals surface area contributed by atoms with Gasteiger partial charge in [0.25, 0.3) is 0 Å².